The van der Waals surface area contributed by atoms with Gasteiger partial charge in [0, 0.05) is 37.9 Å². The van der Waals surface area contributed by atoms with E-state index in [-0.39, 0.29) is 17.8 Å². The number of halogens is 1. The van der Waals surface area contributed by atoms with E-state index < -0.39 is 0 Å². The highest BCUT2D eigenvalue weighted by atomic mass is 19.1. The average molecular weight is 341 g/mol. The second kappa shape index (κ2) is 8.12. The number of carbonyl (C=O) groups is 1. The van der Waals surface area contributed by atoms with Gasteiger partial charge in [-0.25, -0.2) is 4.39 Å². The largest absolute Gasteiger partial charge is 0.368 e. The SMILES string of the molecule is CC(NCC(=O)N1CCN(c2ccc(F)cc2)CC1)c1ccccc1. The van der Waals surface area contributed by atoms with Crippen LogP contribution in [-0.4, -0.2) is 43.5 Å². The summed E-state index contributed by atoms with van der Waals surface area (Å²) in [6.45, 7) is 5.33. The van der Waals surface area contributed by atoms with Crippen LogP contribution in [0.3, 0.4) is 0 Å². The van der Waals surface area contributed by atoms with Gasteiger partial charge in [-0.15, -0.1) is 0 Å². The third-order valence-electron chi connectivity index (χ3n) is 4.68. The highest BCUT2D eigenvalue weighted by Gasteiger charge is 2.21. The second-order valence-electron chi connectivity index (χ2n) is 6.36. The first-order chi connectivity index (χ1) is 12.1. The molecule has 1 saturated heterocycles. The van der Waals surface area contributed by atoms with Crippen LogP contribution in [0.4, 0.5) is 10.1 Å². The molecule has 132 valence electrons. The smallest absolute Gasteiger partial charge is 0.236 e. The standard InChI is InChI=1S/C20H24FN3O/c1-16(17-5-3-2-4-6-17)22-15-20(25)24-13-11-23(12-14-24)19-9-7-18(21)8-10-19/h2-10,16,22H,11-15H2,1H3. The molecule has 3 rings (SSSR count). The Labute approximate surface area is 148 Å². The van der Waals surface area contributed by atoms with Crippen molar-refractivity contribution in [1.29, 1.82) is 0 Å². The maximum atomic E-state index is 13.0. The van der Waals surface area contributed by atoms with Crippen molar-refractivity contribution in [2.75, 3.05) is 37.6 Å². The van der Waals surface area contributed by atoms with Crippen LogP contribution in [0.5, 0.6) is 0 Å². The van der Waals surface area contributed by atoms with Crippen molar-refractivity contribution in [3.05, 3.63) is 66.0 Å². The van der Waals surface area contributed by atoms with Gasteiger partial charge in [0.15, 0.2) is 0 Å². The van der Waals surface area contributed by atoms with Crippen LogP contribution in [0.15, 0.2) is 54.6 Å². The van der Waals surface area contributed by atoms with Crippen LogP contribution in [0.2, 0.25) is 0 Å². The molecule has 5 heteroatoms. The van der Waals surface area contributed by atoms with Gasteiger partial charge in [-0.2, -0.15) is 0 Å². The molecule has 1 amide bonds. The number of anilines is 1. The van der Waals surface area contributed by atoms with Gasteiger partial charge < -0.3 is 15.1 Å². The summed E-state index contributed by atoms with van der Waals surface area (Å²) in [6, 6.07) is 16.8. The Kier molecular flexibility index (Phi) is 5.66. The molecule has 1 unspecified atom stereocenters. The minimum atomic E-state index is -0.226. The third-order valence-corrected chi connectivity index (χ3v) is 4.68. The normalized spacial score (nSPS) is 15.9. The van der Waals surface area contributed by atoms with Crippen molar-refractivity contribution < 1.29 is 9.18 Å². The molecule has 4 nitrogen and oxygen atoms in total. The molecule has 0 aliphatic carbocycles. The molecule has 1 aliphatic heterocycles. The molecular weight excluding hydrogens is 317 g/mol. The van der Waals surface area contributed by atoms with Crippen molar-refractivity contribution in [2.24, 2.45) is 0 Å². The summed E-state index contributed by atoms with van der Waals surface area (Å²) in [5.74, 6) is -0.0993. The Hall–Kier alpha value is -2.40. The number of nitrogens with zero attached hydrogens (tertiary/aromatic N) is 2. The van der Waals surface area contributed by atoms with Crippen molar-refractivity contribution in [3.8, 4) is 0 Å². The van der Waals surface area contributed by atoms with Crippen molar-refractivity contribution in [2.45, 2.75) is 13.0 Å². The molecule has 2 aromatic rings. The van der Waals surface area contributed by atoms with E-state index in [0.717, 1.165) is 18.8 Å². The van der Waals surface area contributed by atoms with Crippen molar-refractivity contribution >= 4 is 11.6 Å². The van der Waals surface area contributed by atoms with Crippen LogP contribution in [0.1, 0.15) is 18.5 Å². The number of rotatable bonds is 5. The quantitative estimate of drug-likeness (QED) is 0.908. The third kappa shape index (κ3) is 4.57. The fraction of sp³-hybridized carbons (Fsp3) is 0.350. The van der Waals surface area contributed by atoms with Crippen molar-refractivity contribution in [1.82, 2.24) is 10.2 Å². The zero-order valence-corrected chi connectivity index (χ0v) is 14.5. The van der Waals surface area contributed by atoms with Gasteiger partial charge >= 0.3 is 0 Å². The summed E-state index contributed by atoms with van der Waals surface area (Å²) in [4.78, 5) is 16.5. The van der Waals surface area contributed by atoms with E-state index in [9.17, 15) is 9.18 Å². The van der Waals surface area contributed by atoms with E-state index in [4.69, 9.17) is 0 Å². The van der Waals surface area contributed by atoms with E-state index >= 15 is 0 Å². The first kappa shape index (κ1) is 17.4. The van der Waals surface area contributed by atoms with Gasteiger partial charge in [-0.3, -0.25) is 4.79 Å². The fourth-order valence-corrected chi connectivity index (χ4v) is 3.08. The number of piperazine rings is 1. The van der Waals surface area contributed by atoms with E-state index in [2.05, 4.69) is 29.3 Å². The molecule has 2 aromatic carbocycles. The molecule has 1 aliphatic rings. The van der Waals surface area contributed by atoms with Gasteiger partial charge in [0.1, 0.15) is 5.82 Å². The Bertz CT molecular complexity index is 682. The number of amides is 1. The average Bonchev–Trinajstić information content (AvgIpc) is 2.67. The topological polar surface area (TPSA) is 35.6 Å². The summed E-state index contributed by atoms with van der Waals surface area (Å²) in [6.07, 6.45) is 0. The lowest BCUT2D eigenvalue weighted by atomic mass is 10.1. The van der Waals surface area contributed by atoms with Crippen molar-refractivity contribution in [3.63, 3.8) is 0 Å². The molecule has 0 spiro atoms. The highest BCUT2D eigenvalue weighted by Crippen LogP contribution is 2.17. The molecule has 1 N–H and O–H groups in total. The van der Waals surface area contributed by atoms with Gasteiger partial charge in [0.25, 0.3) is 0 Å². The van der Waals surface area contributed by atoms with Gasteiger partial charge in [-0.1, -0.05) is 30.3 Å². The first-order valence-electron chi connectivity index (χ1n) is 8.70. The lowest BCUT2D eigenvalue weighted by Gasteiger charge is -2.36. The number of benzene rings is 2. The second-order valence-corrected chi connectivity index (χ2v) is 6.36. The maximum Gasteiger partial charge on any atom is 0.236 e. The molecule has 1 atom stereocenters. The number of carbonyl (C=O) groups excluding carboxylic acids is 1. The van der Waals surface area contributed by atoms with Gasteiger partial charge in [-0.05, 0) is 36.8 Å². The van der Waals surface area contributed by atoms with Crippen LogP contribution in [0.25, 0.3) is 0 Å². The fourth-order valence-electron chi connectivity index (χ4n) is 3.08. The maximum absolute atomic E-state index is 13.0. The lowest BCUT2D eigenvalue weighted by Crippen LogP contribution is -2.51. The molecule has 25 heavy (non-hydrogen) atoms. The molecule has 0 aromatic heterocycles. The number of hydrogen-bond donors (Lipinski definition) is 1. The van der Waals surface area contributed by atoms with E-state index in [1.165, 1.54) is 17.7 Å². The predicted molar refractivity (Wildman–Crippen MR) is 98.1 cm³/mol. The zero-order chi connectivity index (χ0) is 17.6. The molecule has 1 fully saturated rings. The summed E-state index contributed by atoms with van der Waals surface area (Å²) in [5.41, 5.74) is 2.18. The number of nitrogens with one attached hydrogen (secondary N) is 1. The molecular formula is C20H24FN3O. The minimum absolute atomic E-state index is 0.126. The zero-order valence-electron chi connectivity index (χ0n) is 14.5. The van der Waals surface area contributed by atoms with Crippen LogP contribution < -0.4 is 10.2 Å². The van der Waals surface area contributed by atoms with E-state index in [1.807, 2.05) is 23.1 Å². The molecule has 1 heterocycles. The Morgan fingerprint density at radius 1 is 1.04 bits per heavy atom. The Balaban J connectivity index is 1.46. The minimum Gasteiger partial charge on any atom is -0.368 e. The summed E-state index contributed by atoms with van der Waals surface area (Å²) in [7, 11) is 0. The summed E-state index contributed by atoms with van der Waals surface area (Å²) in [5, 5.41) is 3.30. The molecule has 0 radical (unpaired) electrons. The monoisotopic (exact) mass is 341 g/mol. The molecule has 0 saturated carbocycles. The summed E-state index contributed by atoms with van der Waals surface area (Å²) >= 11 is 0. The lowest BCUT2D eigenvalue weighted by molar-refractivity contribution is -0.130. The highest BCUT2D eigenvalue weighted by molar-refractivity contribution is 5.78. The van der Waals surface area contributed by atoms with Crippen LogP contribution in [-0.2, 0) is 4.79 Å². The Morgan fingerprint density at radius 3 is 2.32 bits per heavy atom. The van der Waals surface area contributed by atoms with Crippen LogP contribution in [0, 0.1) is 5.82 Å². The van der Waals surface area contributed by atoms with Gasteiger partial charge in [0.2, 0.25) is 5.91 Å². The number of hydrogen-bond acceptors (Lipinski definition) is 3. The Morgan fingerprint density at radius 2 is 1.68 bits per heavy atom. The predicted octanol–water partition coefficient (Wildman–Crippen LogP) is 2.83. The van der Waals surface area contributed by atoms with E-state index in [1.54, 1.807) is 12.1 Å². The molecule has 0 bridgehead atoms. The van der Waals surface area contributed by atoms with Gasteiger partial charge in [0.05, 0.1) is 6.54 Å². The summed E-state index contributed by atoms with van der Waals surface area (Å²) < 4.78 is 13.0. The van der Waals surface area contributed by atoms with Crippen LogP contribution >= 0.6 is 0 Å². The first-order valence-corrected chi connectivity index (χ1v) is 8.70. The van der Waals surface area contributed by atoms with E-state index in [0.29, 0.717) is 19.6 Å².